The summed E-state index contributed by atoms with van der Waals surface area (Å²) in [6.45, 7) is 1.74. The number of hydrogen-bond donors (Lipinski definition) is 0. The molecule has 0 amide bonds. The van der Waals surface area contributed by atoms with Crippen molar-refractivity contribution in [3.63, 3.8) is 0 Å². The van der Waals surface area contributed by atoms with Crippen molar-refractivity contribution in [2.75, 3.05) is 14.2 Å². The highest BCUT2D eigenvalue weighted by atomic mass is 79.9. The average Bonchev–Trinajstić information content (AvgIpc) is 3.12. The number of hydrogen-bond acceptors (Lipinski definition) is 6. The molecule has 3 aromatic rings. The molecule has 0 spiro atoms. The van der Waals surface area contributed by atoms with E-state index in [1.165, 1.54) is 14.2 Å². The Morgan fingerprint density at radius 2 is 1.69 bits per heavy atom. The molecule has 3 aromatic carbocycles. The van der Waals surface area contributed by atoms with Gasteiger partial charge in [-0.25, -0.2) is 4.79 Å². The zero-order valence-corrected chi connectivity index (χ0v) is 19.2. The summed E-state index contributed by atoms with van der Waals surface area (Å²) in [5, 5.41) is 0. The van der Waals surface area contributed by atoms with Gasteiger partial charge in [-0.1, -0.05) is 34.1 Å². The smallest absolute Gasteiger partial charge is 0.343 e. The Kier molecular flexibility index (Phi) is 6.01. The van der Waals surface area contributed by atoms with Crippen molar-refractivity contribution in [3.8, 4) is 23.0 Å². The normalized spacial score (nSPS) is 13.5. The molecular weight excluding hydrogens is 476 g/mol. The van der Waals surface area contributed by atoms with Crippen molar-refractivity contribution in [1.29, 1.82) is 0 Å². The lowest BCUT2D eigenvalue weighted by molar-refractivity contribution is 0.0732. The van der Waals surface area contributed by atoms with E-state index in [0.29, 0.717) is 34.1 Å². The first-order chi connectivity index (χ1) is 15.4. The van der Waals surface area contributed by atoms with Crippen molar-refractivity contribution < 1.29 is 28.5 Å². The van der Waals surface area contributed by atoms with Gasteiger partial charge in [0.2, 0.25) is 5.78 Å². The van der Waals surface area contributed by atoms with Crippen LogP contribution in [0.3, 0.4) is 0 Å². The van der Waals surface area contributed by atoms with Crippen LogP contribution in [0.25, 0.3) is 6.08 Å². The van der Waals surface area contributed by atoms with Gasteiger partial charge >= 0.3 is 5.97 Å². The second-order valence-corrected chi connectivity index (χ2v) is 7.87. The van der Waals surface area contributed by atoms with Crippen LogP contribution in [0, 0.1) is 6.92 Å². The molecule has 0 aromatic heterocycles. The van der Waals surface area contributed by atoms with Crippen molar-refractivity contribution in [3.05, 3.63) is 87.1 Å². The van der Waals surface area contributed by atoms with Crippen LogP contribution in [0.2, 0.25) is 0 Å². The van der Waals surface area contributed by atoms with E-state index in [0.717, 1.165) is 10.0 Å². The number of carbonyl (C=O) groups excluding carboxylic acids is 2. The number of esters is 1. The highest BCUT2D eigenvalue weighted by Crippen LogP contribution is 2.40. The molecule has 1 heterocycles. The van der Waals surface area contributed by atoms with Gasteiger partial charge in [-0.2, -0.15) is 0 Å². The molecule has 162 valence electrons. The fourth-order valence-corrected chi connectivity index (χ4v) is 3.70. The molecule has 7 heteroatoms. The van der Waals surface area contributed by atoms with Gasteiger partial charge < -0.3 is 18.9 Å². The number of methoxy groups -OCH3 is 2. The highest BCUT2D eigenvalue weighted by Gasteiger charge is 2.30. The molecule has 0 atom stereocenters. The third kappa shape index (κ3) is 4.11. The third-order valence-corrected chi connectivity index (χ3v) is 5.74. The molecule has 0 N–H and O–H groups in total. The topological polar surface area (TPSA) is 71.1 Å². The number of carbonyl (C=O) groups is 2. The number of allylic oxidation sites excluding steroid dienone is 1. The van der Waals surface area contributed by atoms with Crippen LogP contribution in [-0.2, 0) is 0 Å². The Balaban J connectivity index is 1.62. The number of Topliss-reactive ketones (excluding diaryl/α,β-unsaturated/α-hetero) is 1. The summed E-state index contributed by atoms with van der Waals surface area (Å²) in [5.74, 6) is 1.01. The van der Waals surface area contributed by atoms with Crippen molar-refractivity contribution in [1.82, 2.24) is 0 Å². The number of benzene rings is 3. The molecule has 0 unspecified atom stereocenters. The van der Waals surface area contributed by atoms with Crippen molar-refractivity contribution in [2.24, 2.45) is 0 Å². The van der Waals surface area contributed by atoms with Crippen LogP contribution in [0.4, 0.5) is 0 Å². The summed E-state index contributed by atoms with van der Waals surface area (Å²) < 4.78 is 22.7. The molecule has 0 radical (unpaired) electrons. The number of ether oxygens (including phenoxy) is 4. The number of rotatable bonds is 5. The number of fused-ring (bicyclic) bond motifs is 1. The molecule has 0 fully saturated rings. The van der Waals surface area contributed by atoms with Crippen LogP contribution in [0.1, 0.15) is 31.8 Å². The summed E-state index contributed by atoms with van der Waals surface area (Å²) in [4.78, 5) is 25.6. The van der Waals surface area contributed by atoms with Crippen LogP contribution < -0.4 is 18.9 Å². The zero-order chi connectivity index (χ0) is 22.8. The van der Waals surface area contributed by atoms with E-state index < -0.39 is 5.97 Å². The van der Waals surface area contributed by atoms with Gasteiger partial charge in [0.1, 0.15) is 23.0 Å². The Hall–Kier alpha value is -3.58. The summed E-state index contributed by atoms with van der Waals surface area (Å²) in [7, 11) is 3.00. The molecule has 4 rings (SSSR count). The lowest BCUT2D eigenvalue weighted by atomic mass is 10.1. The summed E-state index contributed by atoms with van der Waals surface area (Å²) in [5.41, 5.74) is 2.06. The van der Waals surface area contributed by atoms with E-state index in [1.54, 1.807) is 43.3 Å². The Morgan fingerprint density at radius 1 is 1.00 bits per heavy atom. The first kappa shape index (κ1) is 21.6. The van der Waals surface area contributed by atoms with Gasteiger partial charge in [0.25, 0.3) is 0 Å². The second-order valence-electron chi connectivity index (χ2n) is 7.02. The van der Waals surface area contributed by atoms with Crippen LogP contribution in [0.15, 0.2) is 64.8 Å². The van der Waals surface area contributed by atoms with Gasteiger partial charge in [-0.05, 0) is 48.9 Å². The van der Waals surface area contributed by atoms with E-state index in [-0.39, 0.29) is 17.1 Å². The van der Waals surface area contributed by atoms with Gasteiger partial charge in [0.05, 0.1) is 25.3 Å². The fourth-order valence-electron chi connectivity index (χ4n) is 3.30. The van der Waals surface area contributed by atoms with Gasteiger partial charge in [-0.15, -0.1) is 0 Å². The minimum atomic E-state index is -0.585. The standard InChI is InChI=1S/C25H19BrO6/c1-14-21(32-25(28)16-10-17(29-2)13-18(11-16)30-3)9-8-19-23(27)22(31-24(14)19)12-15-6-4-5-7-20(15)26/h4-13H,1-3H3/b22-12-. The lowest BCUT2D eigenvalue weighted by Gasteiger charge is -2.11. The minimum Gasteiger partial charge on any atom is -0.497 e. The van der Waals surface area contributed by atoms with Crippen molar-refractivity contribution >= 4 is 33.8 Å². The monoisotopic (exact) mass is 494 g/mol. The molecule has 0 saturated carbocycles. The first-order valence-corrected chi connectivity index (χ1v) is 10.5. The Labute approximate surface area is 193 Å². The predicted molar refractivity (Wildman–Crippen MR) is 123 cm³/mol. The van der Waals surface area contributed by atoms with E-state index >= 15 is 0 Å². The van der Waals surface area contributed by atoms with E-state index in [4.69, 9.17) is 18.9 Å². The maximum atomic E-state index is 12.8. The van der Waals surface area contributed by atoms with E-state index in [9.17, 15) is 9.59 Å². The highest BCUT2D eigenvalue weighted by molar-refractivity contribution is 9.10. The summed E-state index contributed by atoms with van der Waals surface area (Å²) in [6.07, 6.45) is 1.68. The molecule has 1 aliphatic heterocycles. The van der Waals surface area contributed by atoms with Crippen LogP contribution in [-0.4, -0.2) is 26.0 Å². The summed E-state index contributed by atoms with van der Waals surface area (Å²) >= 11 is 3.47. The average molecular weight is 495 g/mol. The maximum absolute atomic E-state index is 12.8. The minimum absolute atomic E-state index is 0.205. The summed E-state index contributed by atoms with van der Waals surface area (Å²) in [6, 6.07) is 15.5. The van der Waals surface area contributed by atoms with Crippen molar-refractivity contribution in [2.45, 2.75) is 6.92 Å². The number of ketones is 1. The molecule has 6 nitrogen and oxygen atoms in total. The van der Waals surface area contributed by atoms with Gasteiger partial charge in [0, 0.05) is 16.1 Å². The number of halogens is 1. The fraction of sp³-hybridized carbons (Fsp3) is 0.120. The SMILES string of the molecule is COc1cc(OC)cc(C(=O)Oc2ccc3c(c2C)O/C(=C\c2ccccc2Br)C3=O)c1. The first-order valence-electron chi connectivity index (χ1n) is 9.69. The largest absolute Gasteiger partial charge is 0.497 e. The van der Waals surface area contributed by atoms with Gasteiger partial charge in [0.15, 0.2) is 5.76 Å². The second kappa shape index (κ2) is 8.88. The predicted octanol–water partition coefficient (Wildman–Crippen LogP) is 5.61. The molecule has 0 aliphatic carbocycles. The maximum Gasteiger partial charge on any atom is 0.343 e. The molecular formula is C25H19BrO6. The zero-order valence-electron chi connectivity index (χ0n) is 17.6. The third-order valence-electron chi connectivity index (χ3n) is 5.02. The quantitative estimate of drug-likeness (QED) is 0.260. The van der Waals surface area contributed by atoms with Gasteiger partial charge in [-0.3, -0.25) is 4.79 Å². The Morgan fingerprint density at radius 3 is 2.34 bits per heavy atom. The van der Waals surface area contributed by atoms with E-state index in [2.05, 4.69) is 15.9 Å². The lowest BCUT2D eigenvalue weighted by Crippen LogP contribution is -2.10. The Bertz CT molecular complexity index is 1240. The molecule has 0 bridgehead atoms. The molecule has 0 saturated heterocycles. The van der Waals surface area contributed by atoms with Crippen LogP contribution in [0.5, 0.6) is 23.0 Å². The molecule has 32 heavy (non-hydrogen) atoms. The van der Waals surface area contributed by atoms with Crippen LogP contribution >= 0.6 is 15.9 Å². The molecule has 1 aliphatic rings. The van der Waals surface area contributed by atoms with E-state index in [1.807, 2.05) is 24.3 Å².